The van der Waals surface area contributed by atoms with Gasteiger partial charge in [0.2, 0.25) is 0 Å². The van der Waals surface area contributed by atoms with Gasteiger partial charge in [0, 0.05) is 30.0 Å². The molecule has 0 radical (unpaired) electrons. The second-order valence-corrected chi connectivity index (χ2v) is 7.09. The van der Waals surface area contributed by atoms with E-state index in [0.29, 0.717) is 23.4 Å². The van der Waals surface area contributed by atoms with E-state index in [1.165, 1.54) is 12.3 Å². The topological polar surface area (TPSA) is 86.1 Å². The average Bonchev–Trinajstić information content (AvgIpc) is 2.78. The van der Waals surface area contributed by atoms with Crippen LogP contribution in [-0.4, -0.2) is 27.7 Å². The number of carbonyl (C=O) groups excluding carboxylic acids is 2. The summed E-state index contributed by atoms with van der Waals surface area (Å²) in [5.41, 5.74) is 2.65. The lowest BCUT2D eigenvalue weighted by Gasteiger charge is -2.26. The molecule has 1 heterocycles. The van der Waals surface area contributed by atoms with Crippen LogP contribution in [-0.2, 0) is 6.54 Å². The van der Waals surface area contributed by atoms with E-state index >= 15 is 0 Å². The Morgan fingerprint density at radius 1 is 1.07 bits per heavy atom. The molecule has 0 spiro atoms. The smallest absolute Gasteiger partial charge is 0.272 e. The first-order chi connectivity index (χ1) is 14.5. The average molecular weight is 398 g/mol. The van der Waals surface area contributed by atoms with Crippen molar-refractivity contribution in [1.82, 2.24) is 9.88 Å². The van der Waals surface area contributed by atoms with Gasteiger partial charge < -0.3 is 10.2 Å². The monoisotopic (exact) mass is 398 g/mol. The first-order valence-corrected chi connectivity index (χ1v) is 9.60. The van der Waals surface area contributed by atoms with Crippen LogP contribution >= 0.6 is 0 Å². The fraction of sp³-hybridized carbons (Fsp3) is 0.167. The number of benzene rings is 2. The molecule has 3 rings (SSSR count). The standard InChI is InChI=1S/C24H22N4O2/c1-17(2)28(16-19-6-4-3-5-7-19)24(30)22-14-20(12-13-26-22)23(29)27-21-10-8-18(15-25)9-11-21/h3-14,17H,16H2,1-2H3,(H,27,29). The predicted molar refractivity (Wildman–Crippen MR) is 115 cm³/mol. The van der Waals surface area contributed by atoms with E-state index < -0.39 is 0 Å². The zero-order valence-corrected chi connectivity index (χ0v) is 16.9. The van der Waals surface area contributed by atoms with Crippen molar-refractivity contribution in [2.24, 2.45) is 0 Å². The third-order valence-electron chi connectivity index (χ3n) is 4.59. The van der Waals surface area contributed by atoms with Crippen LogP contribution in [0.25, 0.3) is 0 Å². The third kappa shape index (κ3) is 5.09. The van der Waals surface area contributed by atoms with Crippen LogP contribution in [0.4, 0.5) is 5.69 Å². The molecule has 0 aliphatic rings. The van der Waals surface area contributed by atoms with E-state index in [2.05, 4.69) is 10.3 Å². The SMILES string of the molecule is CC(C)N(Cc1ccccc1)C(=O)c1cc(C(=O)Nc2ccc(C#N)cc2)ccn1. The number of anilines is 1. The van der Waals surface area contributed by atoms with Crippen LogP contribution in [0.1, 0.15) is 45.8 Å². The van der Waals surface area contributed by atoms with Crippen molar-refractivity contribution in [3.8, 4) is 6.07 Å². The number of pyridine rings is 1. The Balaban J connectivity index is 1.77. The quantitative estimate of drug-likeness (QED) is 0.672. The second-order valence-electron chi connectivity index (χ2n) is 7.09. The van der Waals surface area contributed by atoms with Gasteiger partial charge in [0.1, 0.15) is 5.69 Å². The molecule has 0 aliphatic carbocycles. The van der Waals surface area contributed by atoms with Crippen molar-refractivity contribution >= 4 is 17.5 Å². The van der Waals surface area contributed by atoms with Crippen LogP contribution in [0.5, 0.6) is 0 Å². The molecule has 0 aliphatic heterocycles. The van der Waals surface area contributed by atoms with E-state index in [1.54, 1.807) is 35.2 Å². The molecule has 30 heavy (non-hydrogen) atoms. The molecular formula is C24H22N4O2. The predicted octanol–water partition coefficient (Wildman–Crippen LogP) is 4.26. The summed E-state index contributed by atoms with van der Waals surface area (Å²) in [6.07, 6.45) is 1.46. The maximum atomic E-state index is 13.1. The van der Waals surface area contributed by atoms with Crippen molar-refractivity contribution in [3.05, 3.63) is 95.3 Å². The number of nitrogens with one attached hydrogen (secondary N) is 1. The second kappa shape index (κ2) is 9.48. The number of nitriles is 1. The fourth-order valence-corrected chi connectivity index (χ4v) is 2.94. The van der Waals surface area contributed by atoms with E-state index in [0.717, 1.165) is 5.56 Å². The molecular weight excluding hydrogens is 376 g/mol. The normalized spacial score (nSPS) is 10.3. The van der Waals surface area contributed by atoms with Crippen molar-refractivity contribution in [2.75, 3.05) is 5.32 Å². The minimum absolute atomic E-state index is 0.0318. The Hall–Kier alpha value is -3.98. The molecule has 6 heteroatoms. The molecule has 1 aromatic heterocycles. The zero-order chi connectivity index (χ0) is 21.5. The van der Waals surface area contributed by atoms with Gasteiger partial charge in [0.05, 0.1) is 11.6 Å². The van der Waals surface area contributed by atoms with Crippen LogP contribution < -0.4 is 5.32 Å². The molecule has 2 amide bonds. The van der Waals surface area contributed by atoms with Crippen LogP contribution in [0, 0.1) is 11.3 Å². The van der Waals surface area contributed by atoms with Gasteiger partial charge >= 0.3 is 0 Å². The number of aromatic nitrogens is 1. The lowest BCUT2D eigenvalue weighted by Crippen LogP contribution is -2.37. The lowest BCUT2D eigenvalue weighted by molar-refractivity contribution is 0.0684. The van der Waals surface area contributed by atoms with Crippen LogP contribution in [0.2, 0.25) is 0 Å². The van der Waals surface area contributed by atoms with E-state index in [-0.39, 0.29) is 23.6 Å². The van der Waals surface area contributed by atoms with Gasteiger partial charge in [-0.2, -0.15) is 5.26 Å². The van der Waals surface area contributed by atoms with Crippen molar-refractivity contribution in [3.63, 3.8) is 0 Å². The van der Waals surface area contributed by atoms with E-state index in [9.17, 15) is 9.59 Å². The maximum absolute atomic E-state index is 13.1. The zero-order valence-electron chi connectivity index (χ0n) is 16.9. The molecule has 3 aromatic rings. The van der Waals surface area contributed by atoms with Crippen molar-refractivity contribution < 1.29 is 9.59 Å². The first kappa shape index (κ1) is 20.7. The van der Waals surface area contributed by atoms with Gasteiger partial charge in [-0.1, -0.05) is 30.3 Å². The van der Waals surface area contributed by atoms with Gasteiger partial charge in [-0.25, -0.2) is 0 Å². The van der Waals surface area contributed by atoms with Gasteiger partial charge in [-0.15, -0.1) is 0 Å². The Labute approximate surface area is 175 Å². The van der Waals surface area contributed by atoms with Crippen LogP contribution in [0.3, 0.4) is 0 Å². The highest BCUT2D eigenvalue weighted by molar-refractivity contribution is 6.05. The maximum Gasteiger partial charge on any atom is 0.272 e. The number of hydrogen-bond donors (Lipinski definition) is 1. The number of rotatable bonds is 6. The Morgan fingerprint density at radius 2 is 1.77 bits per heavy atom. The summed E-state index contributed by atoms with van der Waals surface area (Å²) < 4.78 is 0. The number of carbonyl (C=O) groups is 2. The van der Waals surface area contributed by atoms with Gasteiger partial charge in [0.15, 0.2) is 0 Å². The number of nitrogens with zero attached hydrogens (tertiary/aromatic N) is 3. The molecule has 0 bridgehead atoms. The summed E-state index contributed by atoms with van der Waals surface area (Å²) in [6, 6.07) is 21.4. The molecule has 150 valence electrons. The van der Waals surface area contributed by atoms with Gasteiger partial charge in [0.25, 0.3) is 11.8 Å². The Kier molecular flexibility index (Phi) is 6.56. The van der Waals surface area contributed by atoms with Crippen molar-refractivity contribution in [1.29, 1.82) is 5.26 Å². The molecule has 0 unspecified atom stereocenters. The minimum atomic E-state index is -0.352. The van der Waals surface area contributed by atoms with E-state index in [1.807, 2.05) is 50.2 Å². The summed E-state index contributed by atoms with van der Waals surface area (Å²) >= 11 is 0. The minimum Gasteiger partial charge on any atom is -0.331 e. The molecule has 0 saturated heterocycles. The largest absolute Gasteiger partial charge is 0.331 e. The van der Waals surface area contributed by atoms with Gasteiger partial charge in [-0.05, 0) is 55.8 Å². The highest BCUT2D eigenvalue weighted by atomic mass is 16.2. The highest BCUT2D eigenvalue weighted by Gasteiger charge is 2.21. The summed E-state index contributed by atoms with van der Waals surface area (Å²) in [7, 11) is 0. The summed E-state index contributed by atoms with van der Waals surface area (Å²) in [5, 5.41) is 11.6. The molecule has 0 atom stereocenters. The molecule has 0 fully saturated rings. The number of amides is 2. The van der Waals surface area contributed by atoms with Crippen molar-refractivity contribution in [2.45, 2.75) is 26.4 Å². The Bertz CT molecular complexity index is 1070. The lowest BCUT2D eigenvalue weighted by atomic mass is 10.1. The Morgan fingerprint density at radius 3 is 2.40 bits per heavy atom. The molecule has 1 N–H and O–H groups in total. The number of hydrogen-bond acceptors (Lipinski definition) is 4. The highest BCUT2D eigenvalue weighted by Crippen LogP contribution is 2.15. The molecule has 2 aromatic carbocycles. The van der Waals surface area contributed by atoms with Gasteiger partial charge in [-0.3, -0.25) is 14.6 Å². The van der Waals surface area contributed by atoms with E-state index in [4.69, 9.17) is 5.26 Å². The molecule has 0 saturated carbocycles. The molecule has 6 nitrogen and oxygen atoms in total. The summed E-state index contributed by atoms with van der Waals surface area (Å²) in [5.74, 6) is -0.586. The summed E-state index contributed by atoms with van der Waals surface area (Å²) in [6.45, 7) is 4.35. The summed E-state index contributed by atoms with van der Waals surface area (Å²) in [4.78, 5) is 31.6. The third-order valence-corrected chi connectivity index (χ3v) is 4.59. The first-order valence-electron chi connectivity index (χ1n) is 9.60. The van der Waals surface area contributed by atoms with Crippen LogP contribution in [0.15, 0.2) is 72.9 Å². The fourth-order valence-electron chi connectivity index (χ4n) is 2.94.